The fraction of sp³-hybridized carbons (Fsp3) is 0.536. The van der Waals surface area contributed by atoms with Gasteiger partial charge in [0.25, 0.3) is 21.6 Å². The van der Waals surface area contributed by atoms with E-state index in [0.717, 1.165) is 74.5 Å². The van der Waals surface area contributed by atoms with Crippen molar-refractivity contribution in [2.75, 3.05) is 61.2 Å². The summed E-state index contributed by atoms with van der Waals surface area (Å²) in [6.07, 6.45) is 5.48. The number of benzene rings is 3. The minimum absolute atomic E-state index is 0.0122. The molecule has 5 aromatic rings. The van der Waals surface area contributed by atoms with E-state index in [2.05, 4.69) is 48.9 Å². The maximum atomic E-state index is 16.4. The monoisotopic (exact) mass is 1100 g/mol. The maximum Gasteiger partial charge on any atom is 0.297 e. The smallest absolute Gasteiger partial charge is 0.297 e. The van der Waals surface area contributed by atoms with E-state index in [9.17, 15) is 28.4 Å². The number of carbonyl (C=O) groups excluding carboxylic acids is 1. The number of morpholine rings is 1. The topological polar surface area (TPSA) is 223 Å². The minimum Gasteiger partial charge on any atom is -0.491 e. The zero-order chi connectivity index (χ0) is 54.5. The van der Waals surface area contributed by atoms with Gasteiger partial charge in [-0.2, -0.15) is 4.98 Å². The van der Waals surface area contributed by atoms with Gasteiger partial charge in [0.05, 0.1) is 75.6 Å². The molecule has 1 amide bonds. The zero-order valence-electron chi connectivity index (χ0n) is 44.1. The first-order chi connectivity index (χ1) is 37.3. The van der Waals surface area contributed by atoms with Crippen molar-refractivity contribution in [3.05, 3.63) is 93.9 Å². The summed E-state index contributed by atoms with van der Waals surface area (Å²) in [5, 5.41) is 26.2. The number of ether oxygens (including phenoxy) is 5. The van der Waals surface area contributed by atoms with Crippen molar-refractivity contribution in [3.63, 3.8) is 0 Å². The van der Waals surface area contributed by atoms with E-state index in [1.165, 1.54) is 6.20 Å². The first-order valence-electron chi connectivity index (χ1n) is 27.2. The number of fused-ring (bicyclic) bond motifs is 4. The predicted molar refractivity (Wildman–Crippen MR) is 286 cm³/mol. The molecule has 5 atom stereocenters. The Morgan fingerprint density at radius 2 is 1.78 bits per heavy atom. The highest BCUT2D eigenvalue weighted by atomic mass is 32.2. The quantitative estimate of drug-likeness (QED) is 0.0718. The molecule has 3 saturated heterocycles. The number of carbonyl (C=O) groups is 1. The third kappa shape index (κ3) is 9.63. The number of pyridine rings is 1. The summed E-state index contributed by atoms with van der Waals surface area (Å²) in [5.41, 5.74) is -0.820. The number of aromatic amines is 1. The van der Waals surface area contributed by atoms with E-state index in [1.54, 1.807) is 25.1 Å². The number of hydrogen-bond donors (Lipinski definition) is 4. The molecule has 0 radical (unpaired) electrons. The van der Waals surface area contributed by atoms with Crippen LogP contribution in [0.5, 0.6) is 17.4 Å². The number of nitrogens with zero attached hydrogens (tertiary/aromatic N) is 5. The van der Waals surface area contributed by atoms with Crippen LogP contribution < -0.4 is 34.0 Å². The van der Waals surface area contributed by atoms with Gasteiger partial charge in [-0.15, -0.1) is 0 Å². The normalized spacial score (nSPS) is 28.1. The number of hydrogen-bond acceptors (Lipinski definition) is 16. The highest BCUT2D eigenvalue weighted by molar-refractivity contribution is 7.90. The van der Waals surface area contributed by atoms with Crippen molar-refractivity contribution in [3.8, 4) is 17.4 Å². The van der Waals surface area contributed by atoms with Crippen molar-refractivity contribution in [2.45, 2.75) is 144 Å². The van der Waals surface area contributed by atoms with Gasteiger partial charge in [-0.25, -0.2) is 21.9 Å². The number of H-pyrrole nitrogens is 1. The number of anilines is 4. The van der Waals surface area contributed by atoms with Gasteiger partial charge in [0, 0.05) is 61.9 Å². The van der Waals surface area contributed by atoms with Crippen molar-refractivity contribution in [1.82, 2.24) is 19.6 Å². The number of rotatable bonds is 11. The Kier molecular flexibility index (Phi) is 13.3. The number of sulfonamides is 1. The zero-order valence-corrected chi connectivity index (χ0v) is 45.0. The molecule has 7 heterocycles. The molecule has 2 saturated carbocycles. The average Bonchev–Trinajstić information content (AvgIpc) is 3.80. The van der Waals surface area contributed by atoms with Crippen molar-refractivity contribution in [1.29, 1.82) is 0 Å². The molecule has 1 spiro atoms. The van der Waals surface area contributed by atoms with E-state index < -0.39 is 66.7 Å². The first kappa shape index (κ1) is 52.4. The fourth-order valence-electron chi connectivity index (χ4n) is 13.1. The highest BCUT2D eigenvalue weighted by Gasteiger charge is 2.52. The number of nitrogens with one attached hydrogen (secondary N) is 3. The summed E-state index contributed by atoms with van der Waals surface area (Å²) < 4.78 is 93.5. The van der Waals surface area contributed by atoms with Crippen LogP contribution in [0.1, 0.15) is 107 Å². The van der Waals surface area contributed by atoms with Gasteiger partial charge in [-0.3, -0.25) is 19.8 Å². The lowest BCUT2D eigenvalue weighted by Gasteiger charge is -2.58. The second kappa shape index (κ2) is 19.8. The van der Waals surface area contributed by atoms with Crippen LogP contribution in [-0.2, 0) is 19.5 Å². The van der Waals surface area contributed by atoms with Gasteiger partial charge in [0.15, 0.2) is 11.4 Å². The van der Waals surface area contributed by atoms with Gasteiger partial charge < -0.3 is 48.9 Å². The summed E-state index contributed by atoms with van der Waals surface area (Å²) in [6.45, 7) is 11.0. The fourth-order valence-corrected chi connectivity index (χ4v) is 14.1. The molecule has 19 nitrogen and oxygen atoms in total. The lowest BCUT2D eigenvalue weighted by molar-refractivity contribution is -0.384. The predicted octanol–water partition coefficient (Wildman–Crippen LogP) is 8.62. The Morgan fingerprint density at radius 1 is 1.01 bits per heavy atom. The Morgan fingerprint density at radius 3 is 2.54 bits per heavy atom. The van der Waals surface area contributed by atoms with Crippen LogP contribution in [0, 0.1) is 21.3 Å². The van der Waals surface area contributed by atoms with Crippen LogP contribution in [0.2, 0.25) is 0 Å². The molecule has 5 fully saturated rings. The molecule has 2 aromatic heterocycles. The maximum absolute atomic E-state index is 16.4. The number of aromatic nitrogens is 2. The summed E-state index contributed by atoms with van der Waals surface area (Å²) >= 11 is 0. The Hall–Kier alpha value is -6.33. The van der Waals surface area contributed by atoms with Crippen LogP contribution in [0.4, 0.5) is 37.2 Å². The molecule has 22 heteroatoms. The van der Waals surface area contributed by atoms with E-state index in [-0.39, 0.29) is 96.5 Å². The molecule has 12 rings (SSSR count). The highest BCUT2D eigenvalue weighted by Crippen LogP contribution is 2.55. The molecule has 2 aliphatic carbocycles. The number of alkyl halides is 1. The Labute approximate surface area is 451 Å². The number of nitro benzene ring substituents is 1. The number of piperidine rings is 1. The van der Waals surface area contributed by atoms with Crippen LogP contribution in [0.3, 0.4) is 0 Å². The average molecular weight is 1100 g/mol. The molecule has 4 N–H and O–H groups in total. The summed E-state index contributed by atoms with van der Waals surface area (Å²) in [5.74, 6) is -0.726. The van der Waals surface area contributed by atoms with Gasteiger partial charge in [0.1, 0.15) is 41.3 Å². The largest absolute Gasteiger partial charge is 0.491 e. The SMILES string of the molecule is CC(C)Oc1ccccc1[C@@H]1CO[C@H](C)CN1C1CC2(CCN(c3ccc(C(=O)NS(=O)(=O)c4cc5c(c([N+](=O)[O-])c4)N[C@H](C4(F)CCC(C)(O)CC4)CO5)c(N4c5cc6c(F)c[nH]c6nc5O[C@H]5COCC[C@@H]54)c3)CC2)C1. The minimum atomic E-state index is -4.87. The van der Waals surface area contributed by atoms with Gasteiger partial charge >= 0.3 is 0 Å². The van der Waals surface area contributed by atoms with Gasteiger partial charge in [-0.05, 0) is 121 Å². The number of aliphatic hydroxyl groups is 1. The van der Waals surface area contributed by atoms with Crippen molar-refractivity contribution >= 4 is 55.4 Å². The van der Waals surface area contributed by atoms with Crippen LogP contribution in [0.25, 0.3) is 11.0 Å². The molecule has 416 valence electrons. The number of para-hydroxylation sites is 1. The summed E-state index contributed by atoms with van der Waals surface area (Å²) in [4.78, 5) is 40.3. The molecular formula is C56H66F2N8O11S. The van der Waals surface area contributed by atoms with Crippen LogP contribution in [0.15, 0.2) is 71.8 Å². The second-order valence-corrected chi connectivity index (χ2v) is 24.8. The standard InChI is InChI=1S/C56H66F2N8O11S/c1-32(2)76-46-8-6-5-7-37(46)45-29-74-33(3)28-64(45)35-25-55(26-35)16-18-63(19-17-55)34-9-10-38(42(21-34)65-41-11-20-73-30-48(41)77-53-44(65)24-39-40(57)27-59-51(39)61-53)52(67)62-78(71,72)36-22-43(66(69)70)50-47(23-36)75-31-49(60-50)56(58)14-12-54(4,68)13-15-56/h5-10,21-24,27,32-33,35,41,45,48-49,60,68H,11-20,25-26,28-31H2,1-4H3,(H,59,61)(H,62,67)/t33-,41+,45+,48+,49+,54?,56?/m1/s1. The second-order valence-electron chi connectivity index (χ2n) is 23.2. The molecular weight excluding hydrogens is 1030 g/mol. The molecule has 0 bridgehead atoms. The third-order valence-corrected chi connectivity index (χ3v) is 18.8. The van der Waals surface area contributed by atoms with E-state index in [4.69, 9.17) is 23.7 Å². The molecule has 7 aliphatic rings. The molecule has 3 aromatic carbocycles. The number of amides is 1. The van der Waals surface area contributed by atoms with Gasteiger partial charge in [-0.1, -0.05) is 18.2 Å². The molecule has 78 heavy (non-hydrogen) atoms. The summed E-state index contributed by atoms with van der Waals surface area (Å²) in [7, 11) is -4.87. The van der Waals surface area contributed by atoms with Gasteiger partial charge in [0.2, 0.25) is 5.88 Å². The van der Waals surface area contributed by atoms with E-state index in [0.29, 0.717) is 37.1 Å². The van der Waals surface area contributed by atoms with E-state index in [1.807, 2.05) is 36.9 Å². The van der Waals surface area contributed by atoms with E-state index >= 15 is 8.78 Å². The Bertz CT molecular complexity index is 3260. The molecule has 5 aliphatic heterocycles. The van der Waals surface area contributed by atoms with Crippen LogP contribution >= 0.6 is 0 Å². The van der Waals surface area contributed by atoms with Crippen molar-refractivity contribution in [2.24, 2.45) is 5.41 Å². The first-order valence-corrected chi connectivity index (χ1v) is 28.7. The number of halogens is 2. The third-order valence-electron chi connectivity index (χ3n) is 17.5. The Balaban J connectivity index is 0.837. The lowest BCUT2D eigenvalue weighted by atomic mass is 9.59. The number of nitro groups is 1. The lowest BCUT2D eigenvalue weighted by Crippen LogP contribution is -2.59. The summed E-state index contributed by atoms with van der Waals surface area (Å²) in [6, 6.07) is 16.0. The molecule has 0 unspecified atom stereocenters. The van der Waals surface area contributed by atoms with Crippen molar-refractivity contribution < 1.29 is 55.7 Å². The van der Waals surface area contributed by atoms with Crippen LogP contribution in [-0.4, -0.2) is 133 Å².